The van der Waals surface area contributed by atoms with E-state index in [9.17, 15) is 8.42 Å². The summed E-state index contributed by atoms with van der Waals surface area (Å²) in [6.45, 7) is 1.92. The Balaban J connectivity index is 2.34. The molecule has 0 bridgehead atoms. The molecule has 1 aromatic carbocycles. The quantitative estimate of drug-likeness (QED) is 0.638. The molecule has 1 aliphatic rings. The number of nitrogens with one attached hydrogen (secondary N) is 1. The fourth-order valence-electron chi connectivity index (χ4n) is 0.963. The molecule has 4 nitrogen and oxygen atoms in total. The number of benzene rings is 1. The van der Waals surface area contributed by atoms with E-state index in [0.717, 1.165) is 20.4 Å². The molecule has 1 N–H and O–H groups in total. The van der Waals surface area contributed by atoms with E-state index in [1.54, 1.807) is 24.3 Å². The summed E-state index contributed by atoms with van der Waals surface area (Å²) in [5, 5.41) is 0. The van der Waals surface area contributed by atoms with Gasteiger partial charge in [-0.1, -0.05) is 21.5 Å². The summed E-state index contributed by atoms with van der Waals surface area (Å²) in [6, 6.07) is 6.78. The van der Waals surface area contributed by atoms with Gasteiger partial charge in [0.05, 0.1) is 4.90 Å². The van der Waals surface area contributed by atoms with E-state index in [2.05, 4.69) is 4.83 Å². The van der Waals surface area contributed by atoms with Crippen LogP contribution < -0.4 is 4.83 Å². The van der Waals surface area contributed by atoms with Gasteiger partial charge in [0, 0.05) is 22.0 Å². The highest BCUT2D eigenvalue weighted by molar-refractivity contribution is 8.78. The van der Waals surface area contributed by atoms with Crippen molar-refractivity contribution in [2.75, 3.05) is 0 Å². The summed E-state index contributed by atoms with van der Waals surface area (Å²) in [7, 11) is -0.909. The van der Waals surface area contributed by atoms with Crippen LogP contribution in [0.3, 0.4) is 0 Å². The average molecular weight is 248 g/mol. The summed E-state index contributed by atoms with van der Waals surface area (Å²) in [5.41, 5.74) is 1.04. The Morgan fingerprint density at radius 1 is 1.29 bits per heavy atom. The minimum atomic E-state index is -3.35. The second kappa shape index (κ2) is 3.74. The van der Waals surface area contributed by atoms with E-state index < -0.39 is 10.0 Å². The average Bonchev–Trinajstić information content (AvgIpc) is 2.00. The van der Waals surface area contributed by atoms with Gasteiger partial charge >= 0.3 is 0 Å². The normalized spacial score (nSPS) is 17.8. The van der Waals surface area contributed by atoms with Gasteiger partial charge in [0.25, 0.3) is 10.0 Å². The molecule has 1 saturated heterocycles. The van der Waals surface area contributed by atoms with Crippen molar-refractivity contribution >= 4 is 32.0 Å². The molecule has 76 valence electrons. The zero-order valence-corrected chi connectivity index (χ0v) is 9.75. The predicted octanol–water partition coefficient (Wildman–Crippen LogP) is 1.72. The number of hydrazine groups is 1. The standard InChI is InChI=1S/C7H8N2O2S3/c1-6-2-4-7(5-3-6)14(10,11)9-8-12-13-9/h2-5,8H,1H3. The van der Waals surface area contributed by atoms with Crippen molar-refractivity contribution in [3.05, 3.63) is 29.8 Å². The molecule has 0 atom stereocenters. The van der Waals surface area contributed by atoms with Crippen LogP contribution in [0.1, 0.15) is 5.56 Å². The molecule has 14 heavy (non-hydrogen) atoms. The van der Waals surface area contributed by atoms with Gasteiger partial charge in [-0.2, -0.15) is 4.83 Å². The molecular weight excluding hydrogens is 240 g/mol. The Hall–Kier alpha value is -0.210. The molecule has 0 radical (unpaired) electrons. The van der Waals surface area contributed by atoms with Crippen molar-refractivity contribution in [2.45, 2.75) is 11.8 Å². The summed E-state index contributed by atoms with van der Waals surface area (Å²) in [4.78, 5) is 2.93. The second-order valence-electron chi connectivity index (χ2n) is 2.79. The van der Waals surface area contributed by atoms with E-state index in [1.807, 2.05) is 6.92 Å². The number of aryl methyl sites for hydroxylation is 1. The van der Waals surface area contributed by atoms with E-state index in [-0.39, 0.29) is 0 Å². The zero-order chi connectivity index (χ0) is 10.2. The predicted molar refractivity (Wildman–Crippen MR) is 58.5 cm³/mol. The Bertz CT molecular complexity index is 425. The Kier molecular flexibility index (Phi) is 2.76. The van der Waals surface area contributed by atoms with Crippen LogP contribution in [0.15, 0.2) is 29.2 Å². The topological polar surface area (TPSA) is 49.4 Å². The van der Waals surface area contributed by atoms with Gasteiger partial charge < -0.3 is 0 Å². The second-order valence-corrected chi connectivity index (χ2v) is 6.62. The number of hydrogen-bond acceptors (Lipinski definition) is 5. The smallest absolute Gasteiger partial charge is 0.205 e. The van der Waals surface area contributed by atoms with E-state index in [0.29, 0.717) is 4.90 Å². The SMILES string of the molecule is Cc1ccc(S(=O)(=O)N2NSS2)cc1. The van der Waals surface area contributed by atoms with Crippen LogP contribution in [0.5, 0.6) is 0 Å². The molecule has 0 spiro atoms. The lowest BCUT2D eigenvalue weighted by Gasteiger charge is -2.26. The van der Waals surface area contributed by atoms with Crippen LogP contribution in [0.2, 0.25) is 0 Å². The van der Waals surface area contributed by atoms with Crippen molar-refractivity contribution in [3.8, 4) is 0 Å². The zero-order valence-electron chi connectivity index (χ0n) is 7.30. The molecule has 1 fully saturated rings. The largest absolute Gasteiger partial charge is 0.267 e. The fraction of sp³-hybridized carbons (Fsp3) is 0.143. The van der Waals surface area contributed by atoms with Gasteiger partial charge in [-0.25, -0.2) is 8.42 Å². The Morgan fingerprint density at radius 3 is 2.29 bits per heavy atom. The van der Waals surface area contributed by atoms with E-state index in [1.165, 1.54) is 11.0 Å². The monoisotopic (exact) mass is 248 g/mol. The van der Waals surface area contributed by atoms with Gasteiger partial charge in [0.2, 0.25) is 0 Å². The molecule has 1 aromatic rings. The Morgan fingerprint density at radius 2 is 1.86 bits per heavy atom. The van der Waals surface area contributed by atoms with Gasteiger partial charge in [-0.15, -0.1) is 0 Å². The number of hydrogen-bond donors (Lipinski definition) is 1. The molecule has 0 aliphatic carbocycles. The lowest BCUT2D eigenvalue weighted by molar-refractivity contribution is 0.533. The van der Waals surface area contributed by atoms with Gasteiger partial charge in [-0.3, -0.25) is 0 Å². The Labute approximate surface area is 90.7 Å². The first-order valence-electron chi connectivity index (χ1n) is 3.82. The number of nitrogens with zero attached hydrogens (tertiary/aromatic N) is 1. The maximum atomic E-state index is 11.8. The first-order valence-corrected chi connectivity index (χ1v) is 7.37. The molecule has 1 aliphatic heterocycles. The molecule has 1 heterocycles. The minimum absolute atomic E-state index is 0.309. The minimum Gasteiger partial charge on any atom is -0.205 e. The van der Waals surface area contributed by atoms with Crippen LogP contribution in [0.4, 0.5) is 0 Å². The molecule has 2 rings (SSSR count). The number of sulfonamides is 1. The maximum Gasteiger partial charge on any atom is 0.267 e. The van der Waals surface area contributed by atoms with E-state index >= 15 is 0 Å². The highest BCUT2D eigenvalue weighted by Gasteiger charge is 2.31. The van der Waals surface area contributed by atoms with Gasteiger partial charge in [0.15, 0.2) is 0 Å². The summed E-state index contributed by atoms with van der Waals surface area (Å²) in [5.74, 6) is 0. The van der Waals surface area contributed by atoms with Gasteiger partial charge in [-0.05, 0) is 19.1 Å². The molecule has 0 amide bonds. The maximum absolute atomic E-state index is 11.8. The summed E-state index contributed by atoms with van der Waals surface area (Å²) in [6.07, 6.45) is 0. The van der Waals surface area contributed by atoms with Crippen molar-refractivity contribution in [2.24, 2.45) is 0 Å². The lowest BCUT2D eigenvalue weighted by Crippen LogP contribution is -2.38. The molecular formula is C7H8N2O2S3. The highest BCUT2D eigenvalue weighted by Crippen LogP contribution is 2.37. The highest BCUT2D eigenvalue weighted by atomic mass is 33.1. The molecule has 0 unspecified atom stereocenters. The van der Waals surface area contributed by atoms with Crippen LogP contribution in [-0.4, -0.2) is 12.2 Å². The number of rotatable bonds is 2. The third kappa shape index (κ3) is 1.78. The van der Waals surface area contributed by atoms with Crippen LogP contribution in [-0.2, 0) is 10.0 Å². The first kappa shape index (κ1) is 10.3. The lowest BCUT2D eigenvalue weighted by atomic mass is 10.2. The summed E-state index contributed by atoms with van der Waals surface area (Å²) >= 11 is 0. The van der Waals surface area contributed by atoms with Gasteiger partial charge in [0.1, 0.15) is 0 Å². The fourth-order valence-corrected chi connectivity index (χ4v) is 4.42. The van der Waals surface area contributed by atoms with E-state index in [4.69, 9.17) is 0 Å². The van der Waals surface area contributed by atoms with Crippen molar-refractivity contribution < 1.29 is 8.42 Å². The van der Waals surface area contributed by atoms with Crippen molar-refractivity contribution in [3.63, 3.8) is 0 Å². The first-order chi connectivity index (χ1) is 6.60. The van der Waals surface area contributed by atoms with Crippen LogP contribution in [0, 0.1) is 6.92 Å². The van der Waals surface area contributed by atoms with Crippen molar-refractivity contribution in [1.82, 2.24) is 8.65 Å². The molecule has 0 saturated carbocycles. The third-order valence-corrected chi connectivity index (χ3v) is 5.93. The van der Waals surface area contributed by atoms with Crippen LogP contribution >= 0.6 is 22.0 Å². The van der Waals surface area contributed by atoms with Crippen molar-refractivity contribution in [1.29, 1.82) is 0 Å². The molecule has 7 heteroatoms. The summed E-state index contributed by atoms with van der Waals surface area (Å²) < 4.78 is 24.7. The molecule has 0 aromatic heterocycles. The van der Waals surface area contributed by atoms with Crippen LogP contribution in [0.25, 0.3) is 0 Å². The third-order valence-electron chi connectivity index (χ3n) is 1.75.